The molecular weight excluding hydrogens is 615 g/mol. The van der Waals surface area contributed by atoms with Crippen molar-refractivity contribution in [1.29, 1.82) is 0 Å². The average molecular weight is 664 g/mol. The van der Waals surface area contributed by atoms with Gasteiger partial charge < -0.3 is 4.90 Å². The van der Waals surface area contributed by atoms with E-state index in [1.54, 1.807) is 0 Å². The molecule has 0 atom stereocenters. The third-order valence-electron chi connectivity index (χ3n) is 9.41. The van der Waals surface area contributed by atoms with Crippen LogP contribution in [-0.2, 0) is 18.3 Å². The molecule has 0 N–H and O–H groups in total. The molecule has 0 saturated carbocycles. The first-order valence-corrected chi connectivity index (χ1v) is 18.2. The maximum Gasteiger partial charge on any atom is 0.0462 e. The highest BCUT2D eigenvalue weighted by atomic mass is 15.1. The summed E-state index contributed by atoms with van der Waals surface area (Å²) in [6.07, 6.45) is 15.2. The van der Waals surface area contributed by atoms with E-state index >= 15 is 0 Å². The fourth-order valence-electron chi connectivity index (χ4n) is 6.05. The van der Waals surface area contributed by atoms with Gasteiger partial charge in [-0.05, 0) is 105 Å². The molecule has 0 fully saturated rings. The van der Waals surface area contributed by atoms with Gasteiger partial charge in [0.1, 0.15) is 0 Å². The number of hydrogen-bond donors (Lipinski definition) is 0. The van der Waals surface area contributed by atoms with Crippen molar-refractivity contribution in [2.75, 3.05) is 4.90 Å². The number of rotatable bonds is 11. The van der Waals surface area contributed by atoms with Crippen molar-refractivity contribution in [3.05, 3.63) is 196 Å². The second-order valence-corrected chi connectivity index (χ2v) is 14.2. The van der Waals surface area contributed by atoms with E-state index in [1.807, 2.05) is 0 Å². The highest BCUT2D eigenvalue weighted by Gasteiger charge is 2.14. The Morgan fingerprint density at radius 1 is 0.353 bits per heavy atom. The smallest absolute Gasteiger partial charge is 0.0462 e. The third-order valence-corrected chi connectivity index (χ3v) is 9.41. The Morgan fingerprint density at radius 2 is 0.588 bits per heavy atom. The number of hydrogen-bond acceptors (Lipinski definition) is 1. The van der Waals surface area contributed by atoms with Crippen LogP contribution in [0.5, 0.6) is 0 Å². The SMILES string of the molecule is CCc1ccc(/C=C/c2ccc(N(c3ccc(/C=C/c4ccc(CC)cc4)cc3)c3ccc(/C=C/c4ccc(C(C)(C)C)cc4)cc3)cc2)cc1. The summed E-state index contributed by atoms with van der Waals surface area (Å²) in [4.78, 5) is 2.33. The van der Waals surface area contributed by atoms with Crippen LogP contribution in [0.25, 0.3) is 36.5 Å². The Morgan fingerprint density at radius 3 is 0.824 bits per heavy atom. The Balaban J connectivity index is 1.24. The van der Waals surface area contributed by atoms with E-state index in [0.717, 1.165) is 29.9 Å². The Bertz CT molecular complexity index is 1970. The highest BCUT2D eigenvalue weighted by molar-refractivity contribution is 5.80. The topological polar surface area (TPSA) is 3.24 Å². The predicted octanol–water partition coefficient (Wildman–Crippen LogP) is 14.1. The summed E-state index contributed by atoms with van der Waals surface area (Å²) in [5.41, 5.74) is 14.7. The van der Waals surface area contributed by atoms with Gasteiger partial charge in [0, 0.05) is 17.1 Å². The monoisotopic (exact) mass is 663 g/mol. The van der Waals surface area contributed by atoms with Crippen molar-refractivity contribution in [2.45, 2.75) is 52.9 Å². The van der Waals surface area contributed by atoms with Gasteiger partial charge in [-0.3, -0.25) is 0 Å². The summed E-state index contributed by atoms with van der Waals surface area (Å²) in [6.45, 7) is 11.1. The van der Waals surface area contributed by atoms with Crippen LogP contribution < -0.4 is 4.90 Å². The summed E-state index contributed by atoms with van der Waals surface area (Å²) in [6, 6.07) is 52.9. The molecule has 0 spiro atoms. The molecule has 0 aliphatic heterocycles. The summed E-state index contributed by atoms with van der Waals surface area (Å²) < 4.78 is 0. The zero-order chi connectivity index (χ0) is 35.6. The van der Waals surface area contributed by atoms with Gasteiger partial charge in [-0.15, -0.1) is 0 Å². The van der Waals surface area contributed by atoms with E-state index in [4.69, 9.17) is 0 Å². The minimum Gasteiger partial charge on any atom is -0.311 e. The fraction of sp³-hybridized carbons (Fsp3) is 0.160. The van der Waals surface area contributed by atoms with E-state index in [-0.39, 0.29) is 5.41 Å². The van der Waals surface area contributed by atoms with Gasteiger partial charge in [0.15, 0.2) is 0 Å². The first-order valence-electron chi connectivity index (χ1n) is 18.2. The van der Waals surface area contributed by atoms with E-state index < -0.39 is 0 Å². The van der Waals surface area contributed by atoms with Gasteiger partial charge in [0.05, 0.1) is 0 Å². The van der Waals surface area contributed by atoms with Gasteiger partial charge in [-0.2, -0.15) is 0 Å². The number of anilines is 3. The quantitative estimate of drug-likeness (QED) is 0.125. The molecule has 0 bridgehead atoms. The molecule has 0 amide bonds. The first kappa shape index (κ1) is 35.2. The lowest BCUT2D eigenvalue weighted by molar-refractivity contribution is 0.590. The molecule has 51 heavy (non-hydrogen) atoms. The van der Waals surface area contributed by atoms with Crippen LogP contribution >= 0.6 is 0 Å². The van der Waals surface area contributed by atoms with Crippen molar-refractivity contribution in [1.82, 2.24) is 0 Å². The standard InChI is InChI=1S/C50H49N/c1-6-38-8-12-40(13-9-38)16-19-43-24-32-47(33-25-43)51(48-34-26-44(27-35-48)20-17-41-14-10-39(7-2)11-15-41)49-36-28-45(29-37-49)21-18-42-22-30-46(31-23-42)50(3,4)5/h8-37H,6-7H2,1-5H3/b19-16+,20-17+,21-18+. The molecule has 0 heterocycles. The Hall–Kier alpha value is -5.66. The average Bonchev–Trinajstić information content (AvgIpc) is 3.17. The van der Waals surface area contributed by atoms with Crippen molar-refractivity contribution >= 4 is 53.5 Å². The summed E-state index contributed by atoms with van der Waals surface area (Å²) in [7, 11) is 0. The van der Waals surface area contributed by atoms with Crippen molar-refractivity contribution < 1.29 is 0 Å². The number of benzene rings is 6. The van der Waals surface area contributed by atoms with Crippen molar-refractivity contribution in [3.8, 4) is 0 Å². The number of nitrogens with zero attached hydrogens (tertiary/aromatic N) is 1. The van der Waals surface area contributed by atoms with Crippen LogP contribution in [0.2, 0.25) is 0 Å². The molecule has 1 heteroatoms. The molecule has 0 aliphatic carbocycles. The minimum atomic E-state index is 0.153. The molecule has 254 valence electrons. The fourth-order valence-corrected chi connectivity index (χ4v) is 6.05. The van der Waals surface area contributed by atoms with Gasteiger partial charge in [-0.1, -0.05) is 180 Å². The lowest BCUT2D eigenvalue weighted by Gasteiger charge is -2.26. The van der Waals surface area contributed by atoms with Gasteiger partial charge in [-0.25, -0.2) is 0 Å². The predicted molar refractivity (Wildman–Crippen MR) is 225 cm³/mol. The molecular formula is C50H49N. The van der Waals surface area contributed by atoms with Crippen molar-refractivity contribution in [2.24, 2.45) is 0 Å². The first-order chi connectivity index (χ1) is 24.8. The zero-order valence-corrected chi connectivity index (χ0v) is 30.7. The van der Waals surface area contributed by atoms with Crippen LogP contribution in [0.15, 0.2) is 146 Å². The normalized spacial score (nSPS) is 11.9. The van der Waals surface area contributed by atoms with E-state index in [0.29, 0.717) is 0 Å². The zero-order valence-electron chi connectivity index (χ0n) is 30.7. The van der Waals surface area contributed by atoms with E-state index in [9.17, 15) is 0 Å². The summed E-state index contributed by atoms with van der Waals surface area (Å²) in [5.74, 6) is 0. The largest absolute Gasteiger partial charge is 0.311 e. The molecule has 0 radical (unpaired) electrons. The molecule has 0 aliphatic rings. The van der Waals surface area contributed by atoms with Crippen molar-refractivity contribution in [3.63, 3.8) is 0 Å². The second-order valence-electron chi connectivity index (χ2n) is 14.2. The Labute approximate surface area is 306 Å². The summed E-state index contributed by atoms with van der Waals surface area (Å²) in [5, 5.41) is 0. The minimum absolute atomic E-state index is 0.153. The van der Waals surface area contributed by atoms with Crippen LogP contribution in [0, 0.1) is 0 Å². The summed E-state index contributed by atoms with van der Waals surface area (Å²) >= 11 is 0. The molecule has 0 saturated heterocycles. The van der Waals surface area contributed by atoms with Crippen LogP contribution in [-0.4, -0.2) is 0 Å². The third kappa shape index (κ3) is 9.53. The molecule has 6 rings (SSSR count). The van der Waals surface area contributed by atoms with E-state index in [1.165, 1.54) is 50.1 Å². The Kier molecular flexibility index (Phi) is 11.3. The molecule has 0 aromatic heterocycles. The van der Waals surface area contributed by atoms with Gasteiger partial charge >= 0.3 is 0 Å². The van der Waals surface area contributed by atoms with Gasteiger partial charge in [0.2, 0.25) is 0 Å². The maximum atomic E-state index is 2.33. The highest BCUT2D eigenvalue weighted by Crippen LogP contribution is 2.35. The second kappa shape index (κ2) is 16.4. The van der Waals surface area contributed by atoms with Gasteiger partial charge in [0.25, 0.3) is 0 Å². The van der Waals surface area contributed by atoms with Crippen LogP contribution in [0.1, 0.15) is 84.7 Å². The molecule has 0 unspecified atom stereocenters. The molecule has 6 aromatic carbocycles. The number of aryl methyl sites for hydroxylation is 2. The lowest BCUT2D eigenvalue weighted by Crippen LogP contribution is -2.10. The van der Waals surface area contributed by atoms with Crippen LogP contribution in [0.3, 0.4) is 0 Å². The molecule has 6 aromatic rings. The molecule has 1 nitrogen and oxygen atoms in total. The lowest BCUT2D eigenvalue weighted by atomic mass is 9.87. The van der Waals surface area contributed by atoms with Crippen LogP contribution in [0.4, 0.5) is 17.1 Å². The van der Waals surface area contributed by atoms with E-state index in [2.05, 4.69) is 222 Å². The maximum absolute atomic E-state index is 2.33.